The van der Waals surface area contributed by atoms with E-state index < -0.39 is 23.5 Å². The van der Waals surface area contributed by atoms with Crippen LogP contribution < -0.4 is 15.7 Å². The van der Waals surface area contributed by atoms with Crippen LogP contribution in [0, 0.1) is 6.92 Å². The van der Waals surface area contributed by atoms with Crippen LogP contribution in [0.1, 0.15) is 25.0 Å². The minimum absolute atomic E-state index is 0.197. The summed E-state index contributed by atoms with van der Waals surface area (Å²) in [6, 6.07) is 4.07. The Morgan fingerprint density at radius 1 is 1.38 bits per heavy atom. The van der Waals surface area contributed by atoms with Gasteiger partial charge in [0.1, 0.15) is 24.0 Å². The molecule has 0 aliphatic carbocycles. The number of nitrogens with one attached hydrogen (secondary N) is 1. The number of hydrogen-bond donors (Lipinski definition) is 2. The van der Waals surface area contributed by atoms with Gasteiger partial charge in [0.25, 0.3) is 0 Å². The van der Waals surface area contributed by atoms with E-state index in [-0.39, 0.29) is 12.0 Å². The fourth-order valence-electron chi connectivity index (χ4n) is 2.39. The van der Waals surface area contributed by atoms with Gasteiger partial charge in [0.05, 0.1) is 12.0 Å². The summed E-state index contributed by atoms with van der Waals surface area (Å²) in [7, 11) is 0. The average Bonchev–Trinajstić information content (AvgIpc) is 2.56. The third-order valence-corrected chi connectivity index (χ3v) is 3.83. The summed E-state index contributed by atoms with van der Waals surface area (Å²) in [6.07, 6.45) is -0.254. The number of ether oxygens (including phenoxy) is 1. The Labute approximate surface area is 150 Å². The maximum Gasteiger partial charge on any atom is 0.340 e. The van der Waals surface area contributed by atoms with Gasteiger partial charge in [0.15, 0.2) is 0 Å². The zero-order valence-electron chi connectivity index (χ0n) is 14.9. The molecule has 138 valence electrons. The molecule has 7 nitrogen and oxygen atoms in total. The first-order chi connectivity index (χ1) is 12.2. The van der Waals surface area contributed by atoms with Crippen molar-refractivity contribution in [3.05, 3.63) is 51.9 Å². The highest BCUT2D eigenvalue weighted by molar-refractivity contribution is 5.87. The van der Waals surface area contributed by atoms with Gasteiger partial charge in [-0.1, -0.05) is 6.58 Å². The molecule has 0 unspecified atom stereocenters. The Bertz CT molecular complexity index is 928. The van der Waals surface area contributed by atoms with Crippen molar-refractivity contribution in [2.75, 3.05) is 6.61 Å². The molecular weight excluding hydrogens is 338 g/mol. The summed E-state index contributed by atoms with van der Waals surface area (Å²) in [4.78, 5) is 35.1. The minimum Gasteiger partial charge on any atom is -0.489 e. The van der Waals surface area contributed by atoms with E-state index in [1.54, 1.807) is 25.1 Å². The molecule has 26 heavy (non-hydrogen) atoms. The van der Waals surface area contributed by atoms with Gasteiger partial charge in [-0.15, -0.1) is 0 Å². The van der Waals surface area contributed by atoms with E-state index in [0.29, 0.717) is 28.9 Å². The Hall–Kier alpha value is -3.09. The number of carboxylic acids is 1. The van der Waals surface area contributed by atoms with Gasteiger partial charge in [-0.3, -0.25) is 9.59 Å². The first kappa shape index (κ1) is 19.2. The quantitative estimate of drug-likeness (QED) is 0.580. The third kappa shape index (κ3) is 4.50. The van der Waals surface area contributed by atoms with Crippen LogP contribution in [0.3, 0.4) is 0 Å². The van der Waals surface area contributed by atoms with Crippen molar-refractivity contribution in [2.45, 2.75) is 33.2 Å². The van der Waals surface area contributed by atoms with Crippen LogP contribution in [0.4, 0.5) is 0 Å². The minimum atomic E-state index is -1.15. The van der Waals surface area contributed by atoms with Crippen LogP contribution in [0.15, 0.2) is 39.6 Å². The summed E-state index contributed by atoms with van der Waals surface area (Å²) >= 11 is 0. The molecule has 1 amide bonds. The molecule has 2 N–H and O–H groups in total. The molecule has 1 atom stereocenters. The fourth-order valence-corrected chi connectivity index (χ4v) is 2.39. The molecule has 0 fully saturated rings. The lowest BCUT2D eigenvalue weighted by Crippen LogP contribution is -2.39. The molecule has 0 aliphatic rings. The molecule has 0 aliphatic heterocycles. The van der Waals surface area contributed by atoms with E-state index in [1.165, 1.54) is 6.92 Å². The van der Waals surface area contributed by atoms with Crippen LogP contribution in [-0.4, -0.2) is 29.6 Å². The number of carbonyl (C=O) groups is 2. The monoisotopic (exact) mass is 359 g/mol. The van der Waals surface area contributed by atoms with Crippen molar-refractivity contribution in [1.29, 1.82) is 0 Å². The van der Waals surface area contributed by atoms with Gasteiger partial charge in [-0.25, -0.2) is 4.79 Å². The number of aryl methyl sites for hydroxylation is 1. The number of benzene rings is 1. The van der Waals surface area contributed by atoms with E-state index in [4.69, 9.17) is 14.3 Å². The van der Waals surface area contributed by atoms with Crippen LogP contribution in [-0.2, 0) is 16.0 Å². The molecule has 2 aromatic rings. The zero-order chi connectivity index (χ0) is 19.4. The summed E-state index contributed by atoms with van der Waals surface area (Å²) in [6.45, 7) is 9.02. The highest BCUT2D eigenvalue weighted by Gasteiger charge is 2.18. The van der Waals surface area contributed by atoms with Gasteiger partial charge in [-0.2, -0.15) is 0 Å². The summed E-state index contributed by atoms with van der Waals surface area (Å²) in [5.41, 5.74) is 1.39. The van der Waals surface area contributed by atoms with Crippen LogP contribution in [0.5, 0.6) is 5.75 Å². The molecule has 1 heterocycles. The lowest BCUT2D eigenvalue weighted by atomic mass is 10.0. The van der Waals surface area contributed by atoms with Crippen molar-refractivity contribution >= 4 is 22.8 Å². The number of fused-ring (bicyclic) bond motifs is 1. The van der Waals surface area contributed by atoms with Crippen molar-refractivity contribution < 1.29 is 23.8 Å². The van der Waals surface area contributed by atoms with E-state index in [2.05, 4.69) is 11.9 Å². The second kappa shape index (κ2) is 7.86. The van der Waals surface area contributed by atoms with Crippen molar-refractivity contribution in [2.24, 2.45) is 0 Å². The second-order valence-corrected chi connectivity index (χ2v) is 6.20. The van der Waals surface area contributed by atoms with E-state index in [1.807, 2.05) is 6.92 Å². The molecule has 0 saturated heterocycles. The van der Waals surface area contributed by atoms with Gasteiger partial charge in [-0.05, 0) is 44.0 Å². The van der Waals surface area contributed by atoms with Crippen LogP contribution in [0.25, 0.3) is 11.0 Å². The maximum atomic E-state index is 12.3. The molecular formula is C19H21NO6. The topological polar surface area (TPSA) is 106 Å². The largest absolute Gasteiger partial charge is 0.489 e. The Morgan fingerprint density at radius 3 is 2.69 bits per heavy atom. The maximum absolute atomic E-state index is 12.3. The third-order valence-electron chi connectivity index (χ3n) is 3.83. The first-order valence-electron chi connectivity index (χ1n) is 8.04. The molecule has 2 rings (SSSR count). The van der Waals surface area contributed by atoms with Crippen molar-refractivity contribution in [1.82, 2.24) is 5.32 Å². The number of hydrogen-bond acceptors (Lipinski definition) is 5. The fraction of sp³-hybridized carbons (Fsp3) is 0.316. The molecule has 0 saturated carbocycles. The van der Waals surface area contributed by atoms with E-state index >= 15 is 0 Å². The molecule has 1 aromatic heterocycles. The number of aliphatic carboxylic acids is 1. The SMILES string of the molecule is C=C(C)COc1ccc2c(C)c(CC(=O)N[C@@H](C)C(=O)O)c(=O)oc2c1. The highest BCUT2D eigenvalue weighted by Crippen LogP contribution is 2.24. The lowest BCUT2D eigenvalue weighted by molar-refractivity contribution is -0.141. The lowest BCUT2D eigenvalue weighted by Gasteiger charge is -2.12. The van der Waals surface area contributed by atoms with Crippen molar-refractivity contribution in [3.63, 3.8) is 0 Å². The highest BCUT2D eigenvalue weighted by atomic mass is 16.5. The summed E-state index contributed by atoms with van der Waals surface area (Å²) < 4.78 is 10.9. The van der Waals surface area contributed by atoms with Crippen LogP contribution >= 0.6 is 0 Å². The predicted octanol–water partition coefficient (Wildman–Crippen LogP) is 2.19. The Morgan fingerprint density at radius 2 is 2.08 bits per heavy atom. The van der Waals surface area contributed by atoms with E-state index in [9.17, 15) is 14.4 Å². The van der Waals surface area contributed by atoms with Gasteiger partial charge >= 0.3 is 11.6 Å². The number of carbonyl (C=O) groups excluding carboxylic acids is 1. The normalized spacial score (nSPS) is 11.8. The molecule has 7 heteroatoms. The second-order valence-electron chi connectivity index (χ2n) is 6.20. The number of carboxylic acid groups (broad SMARTS) is 1. The van der Waals surface area contributed by atoms with Crippen LogP contribution in [0.2, 0.25) is 0 Å². The molecule has 1 aromatic carbocycles. The smallest absolute Gasteiger partial charge is 0.340 e. The molecule has 0 bridgehead atoms. The Balaban J connectivity index is 2.30. The number of amides is 1. The standard InChI is InChI=1S/C19H21NO6/c1-10(2)9-25-13-5-6-14-11(3)15(19(24)26-16(14)7-13)8-17(21)20-12(4)18(22)23/h5-7,12H,1,8-9H2,2-4H3,(H,20,21)(H,22,23)/t12-/m0/s1. The number of rotatable bonds is 7. The summed E-state index contributed by atoms with van der Waals surface area (Å²) in [5, 5.41) is 11.8. The zero-order valence-corrected chi connectivity index (χ0v) is 14.9. The Kier molecular flexibility index (Phi) is 5.82. The molecule has 0 radical (unpaired) electrons. The van der Waals surface area contributed by atoms with Gasteiger partial charge < -0.3 is 19.6 Å². The first-order valence-corrected chi connectivity index (χ1v) is 8.04. The predicted molar refractivity (Wildman–Crippen MR) is 96.5 cm³/mol. The van der Waals surface area contributed by atoms with Gasteiger partial charge in [0.2, 0.25) is 5.91 Å². The van der Waals surface area contributed by atoms with Crippen molar-refractivity contribution in [3.8, 4) is 5.75 Å². The van der Waals surface area contributed by atoms with E-state index in [0.717, 1.165) is 5.57 Å². The molecule has 0 spiro atoms. The summed E-state index contributed by atoms with van der Waals surface area (Å²) in [5.74, 6) is -1.16. The van der Waals surface area contributed by atoms with Gasteiger partial charge in [0, 0.05) is 11.5 Å². The average molecular weight is 359 g/mol.